The number of hydrogen-bond donors (Lipinski definition) is 2. The molecule has 1 aromatic rings. The molecule has 0 aliphatic carbocycles. The first-order chi connectivity index (χ1) is 9.51. The molecule has 0 saturated carbocycles. The summed E-state index contributed by atoms with van der Waals surface area (Å²) in [6.07, 6.45) is 2.93. The van der Waals surface area contributed by atoms with Crippen LogP contribution in [-0.2, 0) is 16.6 Å². The molecule has 1 aromatic carbocycles. The predicted octanol–water partition coefficient (Wildman–Crippen LogP) is 2.92. The molecule has 0 saturated heterocycles. The van der Waals surface area contributed by atoms with Gasteiger partial charge in [-0.25, -0.2) is 13.1 Å². The van der Waals surface area contributed by atoms with E-state index in [1.54, 1.807) is 12.1 Å². The van der Waals surface area contributed by atoms with Gasteiger partial charge in [-0.2, -0.15) is 0 Å². The van der Waals surface area contributed by atoms with Crippen LogP contribution in [0.3, 0.4) is 0 Å². The molecule has 0 amide bonds. The molecule has 114 valence electrons. The Kier molecular flexibility index (Phi) is 7.51. The van der Waals surface area contributed by atoms with Crippen molar-refractivity contribution in [3.63, 3.8) is 0 Å². The molecule has 0 spiro atoms. The molecular formula is C14H23ClN2O2S. The summed E-state index contributed by atoms with van der Waals surface area (Å²) in [6, 6.07) is 4.86. The quantitative estimate of drug-likeness (QED) is 0.688. The first kappa shape index (κ1) is 17.4. The summed E-state index contributed by atoms with van der Waals surface area (Å²) in [6.45, 7) is 6.03. The Hall–Kier alpha value is -0.620. The smallest absolute Gasteiger partial charge is 0.240 e. The van der Waals surface area contributed by atoms with Crippen LogP contribution in [0, 0.1) is 0 Å². The van der Waals surface area contributed by atoms with Crippen LogP contribution in [0.25, 0.3) is 0 Å². The fourth-order valence-corrected chi connectivity index (χ4v) is 3.18. The summed E-state index contributed by atoms with van der Waals surface area (Å²) < 4.78 is 26.8. The van der Waals surface area contributed by atoms with Crippen molar-refractivity contribution in [1.29, 1.82) is 0 Å². The molecule has 6 heteroatoms. The van der Waals surface area contributed by atoms with E-state index in [-0.39, 0.29) is 4.90 Å². The lowest BCUT2D eigenvalue weighted by atomic mass is 10.2. The van der Waals surface area contributed by atoms with Crippen LogP contribution in [0.4, 0.5) is 0 Å². The second-order valence-electron chi connectivity index (χ2n) is 4.64. The highest BCUT2D eigenvalue weighted by Gasteiger charge is 2.14. The molecule has 0 unspecified atom stereocenters. The van der Waals surface area contributed by atoms with E-state index in [0.29, 0.717) is 18.1 Å². The van der Waals surface area contributed by atoms with Crippen molar-refractivity contribution in [3.8, 4) is 0 Å². The number of sulfonamides is 1. The van der Waals surface area contributed by atoms with Gasteiger partial charge in [0.2, 0.25) is 10.0 Å². The maximum Gasteiger partial charge on any atom is 0.240 e. The summed E-state index contributed by atoms with van der Waals surface area (Å²) in [7, 11) is -3.46. The number of unbranched alkanes of at least 4 members (excludes halogenated alkanes) is 2. The van der Waals surface area contributed by atoms with Crippen LogP contribution in [0.5, 0.6) is 0 Å². The van der Waals surface area contributed by atoms with E-state index in [9.17, 15) is 8.42 Å². The van der Waals surface area contributed by atoms with Crippen molar-refractivity contribution in [1.82, 2.24) is 10.0 Å². The molecule has 0 aliphatic heterocycles. The van der Waals surface area contributed by atoms with Crippen molar-refractivity contribution in [3.05, 3.63) is 28.8 Å². The number of benzene rings is 1. The van der Waals surface area contributed by atoms with Gasteiger partial charge in [-0.1, -0.05) is 44.4 Å². The molecule has 0 atom stereocenters. The second kappa shape index (κ2) is 8.62. The molecule has 0 bridgehead atoms. The lowest BCUT2D eigenvalue weighted by Crippen LogP contribution is -2.25. The molecule has 0 radical (unpaired) electrons. The molecular weight excluding hydrogens is 296 g/mol. The van der Waals surface area contributed by atoms with E-state index in [1.807, 2.05) is 6.92 Å². The van der Waals surface area contributed by atoms with Gasteiger partial charge >= 0.3 is 0 Å². The van der Waals surface area contributed by atoms with Crippen LogP contribution in [0.2, 0.25) is 5.02 Å². The monoisotopic (exact) mass is 318 g/mol. The van der Waals surface area contributed by atoms with E-state index < -0.39 is 10.0 Å². The first-order valence-electron chi connectivity index (χ1n) is 7.00. The zero-order valence-electron chi connectivity index (χ0n) is 12.1. The Labute approximate surface area is 127 Å². The highest BCUT2D eigenvalue weighted by Crippen LogP contribution is 2.20. The van der Waals surface area contributed by atoms with Gasteiger partial charge < -0.3 is 5.32 Å². The SMILES string of the molecule is CCCCCNS(=O)(=O)c1ccc(CNCC)c(Cl)c1. The molecule has 2 N–H and O–H groups in total. The van der Waals surface area contributed by atoms with Crippen molar-refractivity contribution >= 4 is 21.6 Å². The van der Waals surface area contributed by atoms with Crippen molar-refractivity contribution in [2.75, 3.05) is 13.1 Å². The molecule has 0 heterocycles. The van der Waals surface area contributed by atoms with Gasteiger partial charge in [-0.05, 0) is 30.7 Å². The number of hydrogen-bond acceptors (Lipinski definition) is 3. The minimum Gasteiger partial charge on any atom is -0.313 e. The third-order valence-electron chi connectivity index (χ3n) is 2.97. The normalized spacial score (nSPS) is 11.8. The molecule has 20 heavy (non-hydrogen) atoms. The van der Waals surface area contributed by atoms with Gasteiger partial charge in [0, 0.05) is 18.1 Å². The van der Waals surface area contributed by atoms with Gasteiger partial charge in [0.1, 0.15) is 0 Å². The summed E-state index contributed by atoms with van der Waals surface area (Å²) in [5.41, 5.74) is 0.901. The minimum absolute atomic E-state index is 0.222. The fourth-order valence-electron chi connectivity index (χ4n) is 1.76. The standard InChI is InChI=1S/C14H23ClN2O2S/c1-3-5-6-9-17-20(18,19)13-8-7-12(11-16-4-2)14(15)10-13/h7-8,10,16-17H,3-6,9,11H2,1-2H3. The number of halogens is 1. The van der Waals surface area contributed by atoms with Crippen LogP contribution in [0.15, 0.2) is 23.1 Å². The Morgan fingerprint density at radius 3 is 2.55 bits per heavy atom. The van der Waals surface area contributed by atoms with Crippen LogP contribution in [-0.4, -0.2) is 21.5 Å². The Bertz CT molecular complexity index is 518. The summed E-state index contributed by atoms with van der Waals surface area (Å²) in [4.78, 5) is 0.222. The first-order valence-corrected chi connectivity index (χ1v) is 8.86. The Morgan fingerprint density at radius 1 is 1.20 bits per heavy atom. The second-order valence-corrected chi connectivity index (χ2v) is 6.81. The van der Waals surface area contributed by atoms with Crippen molar-refractivity contribution in [2.24, 2.45) is 0 Å². The Morgan fingerprint density at radius 2 is 1.95 bits per heavy atom. The number of nitrogens with one attached hydrogen (secondary N) is 2. The molecule has 1 rings (SSSR count). The molecule has 0 aliphatic rings. The molecule has 4 nitrogen and oxygen atoms in total. The van der Waals surface area contributed by atoms with Crippen molar-refractivity contribution in [2.45, 2.75) is 44.6 Å². The predicted molar refractivity (Wildman–Crippen MR) is 83.5 cm³/mol. The van der Waals surface area contributed by atoms with Gasteiger partial charge in [-0.15, -0.1) is 0 Å². The van der Waals surface area contributed by atoms with Crippen molar-refractivity contribution < 1.29 is 8.42 Å². The van der Waals surface area contributed by atoms with Crippen LogP contribution < -0.4 is 10.0 Å². The maximum absolute atomic E-state index is 12.1. The van der Waals surface area contributed by atoms with Gasteiger partial charge in [0.05, 0.1) is 4.90 Å². The molecule has 0 fully saturated rings. The maximum atomic E-state index is 12.1. The average molecular weight is 319 g/mol. The van der Waals surface area contributed by atoms with Gasteiger partial charge in [0.25, 0.3) is 0 Å². The summed E-state index contributed by atoms with van der Waals surface area (Å²) in [5.74, 6) is 0. The lowest BCUT2D eigenvalue weighted by Gasteiger charge is -2.09. The van der Waals surface area contributed by atoms with E-state index in [0.717, 1.165) is 31.4 Å². The van der Waals surface area contributed by atoms with E-state index >= 15 is 0 Å². The zero-order valence-corrected chi connectivity index (χ0v) is 13.6. The lowest BCUT2D eigenvalue weighted by molar-refractivity contribution is 0.576. The van der Waals surface area contributed by atoms with E-state index in [2.05, 4.69) is 17.0 Å². The van der Waals surface area contributed by atoms with E-state index in [4.69, 9.17) is 11.6 Å². The third-order valence-corrected chi connectivity index (χ3v) is 4.78. The van der Waals surface area contributed by atoms with E-state index in [1.165, 1.54) is 6.07 Å². The van der Waals surface area contributed by atoms with Gasteiger partial charge in [-0.3, -0.25) is 0 Å². The summed E-state index contributed by atoms with van der Waals surface area (Å²) in [5, 5.41) is 3.64. The zero-order chi connectivity index (χ0) is 15.0. The fraction of sp³-hybridized carbons (Fsp3) is 0.571. The topological polar surface area (TPSA) is 58.2 Å². The third kappa shape index (κ3) is 5.40. The van der Waals surface area contributed by atoms with Gasteiger partial charge in [0.15, 0.2) is 0 Å². The largest absolute Gasteiger partial charge is 0.313 e. The Balaban J connectivity index is 2.73. The van der Waals surface area contributed by atoms with Crippen LogP contribution in [0.1, 0.15) is 38.7 Å². The highest BCUT2D eigenvalue weighted by molar-refractivity contribution is 7.89. The molecule has 0 aromatic heterocycles. The summed E-state index contributed by atoms with van der Waals surface area (Å²) >= 11 is 6.12. The minimum atomic E-state index is -3.46. The number of rotatable bonds is 9. The van der Waals surface area contributed by atoms with Crippen LogP contribution >= 0.6 is 11.6 Å². The average Bonchev–Trinajstić information content (AvgIpc) is 2.42. The highest BCUT2D eigenvalue weighted by atomic mass is 35.5.